The van der Waals surface area contributed by atoms with Gasteiger partial charge < -0.3 is 15.4 Å². The Labute approximate surface area is 118 Å². The summed E-state index contributed by atoms with van der Waals surface area (Å²) < 4.78 is 5.95. The third kappa shape index (κ3) is 1.79. The zero-order valence-electron chi connectivity index (χ0n) is 11.5. The lowest BCUT2D eigenvalue weighted by Crippen LogP contribution is -2.31. The number of nitrogens with two attached hydrogens (primary N) is 1. The summed E-state index contributed by atoms with van der Waals surface area (Å²) in [6.45, 7) is 2.25. The van der Waals surface area contributed by atoms with Crippen LogP contribution >= 0.6 is 0 Å². The van der Waals surface area contributed by atoms with Crippen molar-refractivity contribution in [2.24, 2.45) is 17.6 Å². The molecule has 0 aromatic heterocycles. The van der Waals surface area contributed by atoms with Crippen molar-refractivity contribution in [2.75, 3.05) is 13.1 Å². The van der Waals surface area contributed by atoms with Crippen LogP contribution in [0.25, 0.3) is 0 Å². The van der Waals surface area contributed by atoms with Crippen LogP contribution in [0.15, 0.2) is 24.3 Å². The molecule has 4 heteroatoms. The molecule has 1 aromatic rings. The molecule has 0 aliphatic carbocycles. The number of likely N-dealkylation sites (tertiary alicyclic amines) is 1. The Kier molecular flexibility index (Phi) is 2.82. The van der Waals surface area contributed by atoms with Gasteiger partial charge in [-0.3, -0.25) is 4.79 Å². The van der Waals surface area contributed by atoms with Gasteiger partial charge in [-0.25, -0.2) is 0 Å². The van der Waals surface area contributed by atoms with Crippen LogP contribution in [0, 0.1) is 11.8 Å². The Morgan fingerprint density at radius 1 is 1.15 bits per heavy atom. The highest BCUT2D eigenvalue weighted by atomic mass is 16.5. The monoisotopic (exact) mass is 272 g/mol. The van der Waals surface area contributed by atoms with Gasteiger partial charge in [0.05, 0.1) is 12.2 Å². The maximum Gasteiger partial charge on any atom is 0.253 e. The van der Waals surface area contributed by atoms with Gasteiger partial charge in [0.25, 0.3) is 5.91 Å². The number of ether oxygens (including phenoxy) is 1. The lowest BCUT2D eigenvalue weighted by atomic mass is 9.82. The Balaban J connectivity index is 1.49. The second kappa shape index (κ2) is 4.57. The lowest BCUT2D eigenvalue weighted by molar-refractivity contribution is 0.0594. The van der Waals surface area contributed by atoms with Gasteiger partial charge in [-0.2, -0.15) is 0 Å². The highest BCUT2D eigenvalue weighted by Gasteiger charge is 2.53. The topological polar surface area (TPSA) is 55.6 Å². The van der Waals surface area contributed by atoms with E-state index in [9.17, 15) is 4.79 Å². The van der Waals surface area contributed by atoms with Crippen LogP contribution in [0.3, 0.4) is 0 Å². The van der Waals surface area contributed by atoms with E-state index in [0.29, 0.717) is 30.6 Å². The summed E-state index contributed by atoms with van der Waals surface area (Å²) in [5.41, 5.74) is 7.42. The molecule has 2 bridgehead atoms. The van der Waals surface area contributed by atoms with Crippen LogP contribution in [-0.4, -0.2) is 36.1 Å². The maximum atomic E-state index is 12.6. The predicted molar refractivity (Wildman–Crippen MR) is 75.1 cm³/mol. The first-order chi connectivity index (χ1) is 9.76. The summed E-state index contributed by atoms with van der Waals surface area (Å²) in [6, 6.07) is 7.67. The SMILES string of the molecule is NCc1ccc(C(=O)N2CC3C4CCC(O4)C3C2)cc1. The van der Waals surface area contributed by atoms with E-state index >= 15 is 0 Å². The molecular formula is C16H20N2O2. The predicted octanol–water partition coefficient (Wildman–Crippen LogP) is 1.39. The number of hydrogen-bond acceptors (Lipinski definition) is 3. The number of benzene rings is 1. The van der Waals surface area contributed by atoms with Crippen molar-refractivity contribution >= 4 is 5.91 Å². The van der Waals surface area contributed by atoms with Crippen molar-refractivity contribution in [3.8, 4) is 0 Å². The Morgan fingerprint density at radius 3 is 2.30 bits per heavy atom. The van der Waals surface area contributed by atoms with Crippen molar-refractivity contribution < 1.29 is 9.53 Å². The Hall–Kier alpha value is -1.39. The smallest absolute Gasteiger partial charge is 0.253 e. The number of carbonyl (C=O) groups excluding carboxylic acids is 1. The van der Waals surface area contributed by atoms with E-state index in [-0.39, 0.29) is 5.91 Å². The van der Waals surface area contributed by atoms with Gasteiger partial charge in [-0.15, -0.1) is 0 Å². The van der Waals surface area contributed by atoms with Crippen LogP contribution in [0.1, 0.15) is 28.8 Å². The largest absolute Gasteiger partial charge is 0.374 e. The standard InChI is InChI=1S/C16H20N2O2/c17-7-10-1-3-11(4-2-10)16(19)18-8-12-13(9-18)15-6-5-14(12)20-15/h1-4,12-15H,5-9,17H2. The quantitative estimate of drug-likeness (QED) is 0.885. The second-order valence-electron chi connectivity index (χ2n) is 6.23. The summed E-state index contributed by atoms with van der Waals surface area (Å²) in [6.07, 6.45) is 3.17. The van der Waals surface area contributed by atoms with Gasteiger partial charge in [0.2, 0.25) is 0 Å². The molecule has 3 aliphatic rings. The highest BCUT2D eigenvalue weighted by molar-refractivity contribution is 5.94. The minimum Gasteiger partial charge on any atom is -0.374 e. The number of fused-ring (bicyclic) bond motifs is 5. The Bertz CT molecular complexity index is 510. The summed E-state index contributed by atoms with van der Waals surface area (Å²) in [5, 5.41) is 0. The van der Waals surface area contributed by atoms with Crippen molar-refractivity contribution in [3.63, 3.8) is 0 Å². The van der Waals surface area contributed by atoms with Crippen molar-refractivity contribution in [1.29, 1.82) is 0 Å². The summed E-state index contributed by atoms with van der Waals surface area (Å²) in [7, 11) is 0. The van der Waals surface area contributed by atoms with E-state index in [2.05, 4.69) is 0 Å². The average molecular weight is 272 g/mol. The van der Waals surface area contributed by atoms with Gasteiger partial charge in [0, 0.05) is 37.0 Å². The molecule has 2 N–H and O–H groups in total. The number of carbonyl (C=O) groups is 1. The van der Waals surface area contributed by atoms with Crippen LogP contribution in [0.5, 0.6) is 0 Å². The molecule has 20 heavy (non-hydrogen) atoms. The molecule has 106 valence electrons. The number of rotatable bonds is 2. The fourth-order valence-corrected chi connectivity index (χ4v) is 4.09. The molecule has 3 aliphatic heterocycles. The normalized spacial score (nSPS) is 34.5. The maximum absolute atomic E-state index is 12.6. The van der Waals surface area contributed by atoms with Crippen molar-refractivity contribution in [1.82, 2.24) is 4.90 Å². The highest BCUT2D eigenvalue weighted by Crippen LogP contribution is 2.47. The summed E-state index contributed by atoms with van der Waals surface area (Å²) in [5.74, 6) is 1.30. The fourth-order valence-electron chi connectivity index (χ4n) is 4.09. The van der Waals surface area contributed by atoms with E-state index in [1.54, 1.807) is 0 Å². The van der Waals surface area contributed by atoms with Crippen LogP contribution < -0.4 is 5.73 Å². The Morgan fingerprint density at radius 2 is 1.75 bits per heavy atom. The molecule has 0 radical (unpaired) electrons. The summed E-state index contributed by atoms with van der Waals surface area (Å²) in [4.78, 5) is 14.6. The second-order valence-corrected chi connectivity index (χ2v) is 6.23. The molecule has 3 fully saturated rings. The molecule has 0 saturated carbocycles. The number of amides is 1. The molecule has 0 spiro atoms. The molecule has 3 saturated heterocycles. The molecule has 4 unspecified atom stereocenters. The van der Waals surface area contributed by atoms with Gasteiger partial charge in [-0.1, -0.05) is 12.1 Å². The van der Waals surface area contributed by atoms with E-state index in [4.69, 9.17) is 10.5 Å². The molecule has 4 rings (SSSR count). The third-order valence-corrected chi connectivity index (χ3v) is 5.18. The zero-order valence-corrected chi connectivity index (χ0v) is 11.5. The lowest BCUT2D eigenvalue weighted by Gasteiger charge is -2.19. The van der Waals surface area contributed by atoms with Gasteiger partial charge in [0.15, 0.2) is 0 Å². The van der Waals surface area contributed by atoms with E-state index < -0.39 is 0 Å². The average Bonchev–Trinajstić information content (AvgIpc) is 3.18. The third-order valence-electron chi connectivity index (χ3n) is 5.18. The molecule has 3 heterocycles. The van der Waals surface area contributed by atoms with Gasteiger partial charge in [-0.05, 0) is 30.5 Å². The number of nitrogens with zero attached hydrogens (tertiary/aromatic N) is 1. The molecule has 4 atom stereocenters. The van der Waals surface area contributed by atoms with Crippen LogP contribution in [0.4, 0.5) is 0 Å². The fraction of sp³-hybridized carbons (Fsp3) is 0.562. The first-order valence-corrected chi connectivity index (χ1v) is 7.50. The first-order valence-electron chi connectivity index (χ1n) is 7.50. The molecule has 1 amide bonds. The molecule has 1 aromatic carbocycles. The molecule has 4 nitrogen and oxygen atoms in total. The first kappa shape index (κ1) is 12.4. The van der Waals surface area contributed by atoms with Crippen molar-refractivity contribution in [3.05, 3.63) is 35.4 Å². The minimum atomic E-state index is 0.155. The van der Waals surface area contributed by atoms with Gasteiger partial charge >= 0.3 is 0 Å². The summed E-state index contributed by atoms with van der Waals surface area (Å²) >= 11 is 0. The van der Waals surface area contributed by atoms with E-state index in [1.165, 1.54) is 12.8 Å². The van der Waals surface area contributed by atoms with E-state index in [0.717, 1.165) is 24.2 Å². The zero-order chi connectivity index (χ0) is 13.7. The minimum absolute atomic E-state index is 0.155. The molecular weight excluding hydrogens is 252 g/mol. The van der Waals surface area contributed by atoms with Crippen LogP contribution in [-0.2, 0) is 11.3 Å². The van der Waals surface area contributed by atoms with Crippen LogP contribution in [0.2, 0.25) is 0 Å². The van der Waals surface area contributed by atoms with Crippen molar-refractivity contribution in [2.45, 2.75) is 31.6 Å². The number of hydrogen-bond donors (Lipinski definition) is 1. The van der Waals surface area contributed by atoms with Gasteiger partial charge in [0.1, 0.15) is 0 Å². The van der Waals surface area contributed by atoms with E-state index in [1.807, 2.05) is 29.2 Å².